The third-order valence-electron chi connectivity index (χ3n) is 2.37. The molecule has 1 atom stereocenters. The Labute approximate surface area is 83.2 Å². The van der Waals surface area contributed by atoms with Gasteiger partial charge in [0.25, 0.3) is 0 Å². The summed E-state index contributed by atoms with van der Waals surface area (Å²) in [4.78, 5) is 24.1. The van der Waals surface area contributed by atoms with Gasteiger partial charge in [0, 0.05) is 6.54 Å². The third-order valence-corrected chi connectivity index (χ3v) is 2.37. The summed E-state index contributed by atoms with van der Waals surface area (Å²) in [6, 6.07) is -0.456. The van der Waals surface area contributed by atoms with Crippen LogP contribution in [0.4, 0.5) is 0 Å². The maximum Gasteiger partial charge on any atom is 0.325 e. The van der Waals surface area contributed by atoms with Crippen LogP contribution in [0.25, 0.3) is 0 Å². The average Bonchev–Trinajstić information content (AvgIpc) is 2.33. The molecule has 0 spiro atoms. The summed E-state index contributed by atoms with van der Waals surface area (Å²) in [7, 11) is 1.31. The number of methoxy groups -OCH3 is 1. The van der Waals surface area contributed by atoms with Gasteiger partial charge in [0.2, 0.25) is 5.91 Å². The lowest BCUT2D eigenvalue weighted by Crippen LogP contribution is -2.44. The lowest BCUT2D eigenvalue weighted by molar-refractivity contribution is -0.147. The van der Waals surface area contributed by atoms with Crippen LogP contribution in [0, 0.1) is 0 Å². The molecule has 5 nitrogen and oxygen atoms in total. The first kappa shape index (κ1) is 11.0. The number of carbonyl (C=O) groups excluding carboxylic acids is 2. The summed E-state index contributed by atoms with van der Waals surface area (Å²) in [6.45, 7) is 0.616. The second kappa shape index (κ2) is 4.95. The Morgan fingerprint density at radius 1 is 1.64 bits per heavy atom. The predicted octanol–water partition coefficient (Wildman–Crippen LogP) is -0.501. The number of nitrogens with zero attached hydrogens (tertiary/aromatic N) is 1. The van der Waals surface area contributed by atoms with Gasteiger partial charge in [0.15, 0.2) is 0 Å². The predicted molar refractivity (Wildman–Crippen MR) is 50.4 cm³/mol. The first-order valence-corrected chi connectivity index (χ1v) is 4.76. The Kier molecular flexibility index (Phi) is 3.88. The maximum atomic E-state index is 11.6. The minimum absolute atomic E-state index is 0.0169. The molecule has 0 saturated carbocycles. The van der Waals surface area contributed by atoms with Gasteiger partial charge >= 0.3 is 5.97 Å². The number of carbonyl (C=O) groups is 2. The Hall–Kier alpha value is -1.10. The number of hydrogen-bond donors (Lipinski definition) is 1. The topological polar surface area (TPSA) is 72.6 Å². The van der Waals surface area contributed by atoms with Crippen LogP contribution in [0.2, 0.25) is 0 Å². The van der Waals surface area contributed by atoms with Crippen LogP contribution < -0.4 is 5.73 Å². The SMILES string of the molecule is COC(=O)CN1CCCCC(N)C1=O. The molecule has 0 aromatic heterocycles. The molecule has 1 amide bonds. The average molecular weight is 200 g/mol. The van der Waals surface area contributed by atoms with Gasteiger partial charge in [-0.1, -0.05) is 0 Å². The molecule has 1 saturated heterocycles. The molecule has 14 heavy (non-hydrogen) atoms. The number of ether oxygens (including phenoxy) is 1. The van der Waals surface area contributed by atoms with Crippen molar-refractivity contribution < 1.29 is 14.3 Å². The monoisotopic (exact) mass is 200 g/mol. The van der Waals surface area contributed by atoms with Gasteiger partial charge in [0.1, 0.15) is 6.54 Å². The quantitative estimate of drug-likeness (QED) is 0.610. The van der Waals surface area contributed by atoms with E-state index >= 15 is 0 Å². The molecule has 0 aromatic rings. The second-order valence-electron chi connectivity index (χ2n) is 3.44. The number of likely N-dealkylation sites (tertiary alicyclic amines) is 1. The normalized spacial score (nSPS) is 23.1. The fourth-order valence-electron chi connectivity index (χ4n) is 1.51. The molecule has 1 aliphatic heterocycles. The van der Waals surface area contributed by atoms with E-state index < -0.39 is 12.0 Å². The lowest BCUT2D eigenvalue weighted by atomic mass is 10.1. The highest BCUT2D eigenvalue weighted by molar-refractivity contribution is 5.85. The Balaban J connectivity index is 2.56. The van der Waals surface area contributed by atoms with E-state index in [1.165, 1.54) is 12.0 Å². The Morgan fingerprint density at radius 3 is 3.00 bits per heavy atom. The third kappa shape index (κ3) is 2.70. The van der Waals surface area contributed by atoms with E-state index in [4.69, 9.17) is 5.73 Å². The van der Waals surface area contributed by atoms with Gasteiger partial charge in [-0.3, -0.25) is 9.59 Å². The standard InChI is InChI=1S/C9H16N2O3/c1-14-8(12)6-11-5-3-2-4-7(10)9(11)13/h7H,2-6,10H2,1H3. The number of amides is 1. The molecule has 0 radical (unpaired) electrons. The molecule has 5 heteroatoms. The van der Waals surface area contributed by atoms with Gasteiger partial charge in [0.05, 0.1) is 13.2 Å². The van der Waals surface area contributed by atoms with Crippen molar-refractivity contribution in [1.29, 1.82) is 0 Å². The van der Waals surface area contributed by atoms with Crippen molar-refractivity contribution in [3.8, 4) is 0 Å². The largest absolute Gasteiger partial charge is 0.468 e. The summed E-state index contributed by atoms with van der Waals surface area (Å²) >= 11 is 0. The summed E-state index contributed by atoms with van der Waals surface area (Å²) < 4.78 is 4.50. The number of nitrogens with two attached hydrogens (primary N) is 1. The molecule has 1 rings (SSSR count). The van der Waals surface area contributed by atoms with Crippen LogP contribution in [-0.2, 0) is 14.3 Å². The van der Waals surface area contributed by atoms with Crippen molar-refractivity contribution in [2.45, 2.75) is 25.3 Å². The number of rotatable bonds is 2. The number of hydrogen-bond acceptors (Lipinski definition) is 4. The Morgan fingerprint density at radius 2 is 2.36 bits per heavy atom. The van der Waals surface area contributed by atoms with Crippen molar-refractivity contribution >= 4 is 11.9 Å². The zero-order chi connectivity index (χ0) is 10.6. The molecular weight excluding hydrogens is 184 g/mol. The molecule has 1 fully saturated rings. The van der Waals surface area contributed by atoms with Crippen LogP contribution in [-0.4, -0.2) is 43.0 Å². The van der Waals surface area contributed by atoms with Gasteiger partial charge < -0.3 is 15.4 Å². The molecule has 1 aliphatic rings. The zero-order valence-corrected chi connectivity index (χ0v) is 8.36. The fraction of sp³-hybridized carbons (Fsp3) is 0.778. The van der Waals surface area contributed by atoms with Crippen molar-refractivity contribution in [2.24, 2.45) is 5.73 Å². The first-order chi connectivity index (χ1) is 6.65. The van der Waals surface area contributed by atoms with E-state index in [9.17, 15) is 9.59 Å². The molecule has 1 heterocycles. The second-order valence-corrected chi connectivity index (χ2v) is 3.44. The van der Waals surface area contributed by atoms with E-state index in [0.717, 1.165) is 12.8 Å². The van der Waals surface area contributed by atoms with Gasteiger partial charge in [-0.15, -0.1) is 0 Å². The van der Waals surface area contributed by atoms with Gasteiger partial charge in [-0.05, 0) is 19.3 Å². The molecule has 2 N–H and O–H groups in total. The molecule has 1 unspecified atom stereocenters. The minimum atomic E-state index is -0.456. The maximum absolute atomic E-state index is 11.6. The fourth-order valence-corrected chi connectivity index (χ4v) is 1.51. The first-order valence-electron chi connectivity index (χ1n) is 4.76. The van der Waals surface area contributed by atoms with Crippen LogP contribution in [0.5, 0.6) is 0 Å². The molecule has 0 bridgehead atoms. The van der Waals surface area contributed by atoms with Crippen LogP contribution in [0.1, 0.15) is 19.3 Å². The molecule has 0 aliphatic carbocycles. The summed E-state index contributed by atoms with van der Waals surface area (Å²) in [6.07, 6.45) is 2.54. The van der Waals surface area contributed by atoms with Crippen LogP contribution in [0.3, 0.4) is 0 Å². The highest BCUT2D eigenvalue weighted by Gasteiger charge is 2.25. The van der Waals surface area contributed by atoms with Crippen molar-refractivity contribution in [3.63, 3.8) is 0 Å². The summed E-state index contributed by atoms with van der Waals surface area (Å²) in [5.74, 6) is -0.541. The highest BCUT2D eigenvalue weighted by Crippen LogP contribution is 2.10. The van der Waals surface area contributed by atoms with E-state index in [1.54, 1.807) is 0 Å². The minimum Gasteiger partial charge on any atom is -0.468 e. The Bertz CT molecular complexity index is 230. The summed E-state index contributed by atoms with van der Waals surface area (Å²) in [5, 5.41) is 0. The van der Waals surface area contributed by atoms with Crippen LogP contribution >= 0.6 is 0 Å². The van der Waals surface area contributed by atoms with E-state index in [1.807, 2.05) is 0 Å². The smallest absolute Gasteiger partial charge is 0.325 e. The number of esters is 1. The molecule has 0 aromatic carbocycles. The highest BCUT2D eigenvalue weighted by atomic mass is 16.5. The zero-order valence-electron chi connectivity index (χ0n) is 8.36. The summed E-state index contributed by atoms with van der Waals surface area (Å²) in [5.41, 5.74) is 5.64. The van der Waals surface area contributed by atoms with Crippen molar-refractivity contribution in [1.82, 2.24) is 4.90 Å². The van der Waals surface area contributed by atoms with E-state index in [0.29, 0.717) is 13.0 Å². The molecular formula is C9H16N2O3. The van der Waals surface area contributed by atoms with E-state index in [-0.39, 0.29) is 12.5 Å². The van der Waals surface area contributed by atoms with Gasteiger partial charge in [-0.2, -0.15) is 0 Å². The van der Waals surface area contributed by atoms with Crippen molar-refractivity contribution in [3.05, 3.63) is 0 Å². The lowest BCUT2D eigenvalue weighted by Gasteiger charge is -2.20. The van der Waals surface area contributed by atoms with E-state index in [2.05, 4.69) is 4.74 Å². The van der Waals surface area contributed by atoms with Crippen molar-refractivity contribution in [2.75, 3.05) is 20.2 Å². The van der Waals surface area contributed by atoms with Crippen LogP contribution in [0.15, 0.2) is 0 Å². The van der Waals surface area contributed by atoms with Gasteiger partial charge in [-0.25, -0.2) is 0 Å². The molecule has 80 valence electrons.